The Morgan fingerprint density at radius 1 is 0.920 bits per heavy atom. The summed E-state index contributed by atoms with van der Waals surface area (Å²) in [5, 5.41) is 0. The Hall–Kier alpha value is -1.13. The van der Waals surface area contributed by atoms with E-state index in [-0.39, 0.29) is 3.57 Å². The second kappa shape index (κ2) is 6.55. The van der Waals surface area contributed by atoms with E-state index in [4.69, 9.17) is 0 Å². The van der Waals surface area contributed by atoms with E-state index < -0.39 is 36.0 Å². The van der Waals surface area contributed by atoms with Gasteiger partial charge in [-0.05, 0) is 0 Å². The fourth-order valence-corrected chi connectivity index (χ4v) is 11.3. The summed E-state index contributed by atoms with van der Waals surface area (Å²) in [6.45, 7) is 6.71. The first-order valence-electron chi connectivity index (χ1n) is 7.27. The topological polar surface area (TPSA) is 57.2 Å². The van der Waals surface area contributed by atoms with Crippen LogP contribution in [0.2, 0.25) is 0 Å². The van der Waals surface area contributed by atoms with E-state index in [0.717, 1.165) is 17.7 Å². The number of hydrogen-bond donors (Lipinski definition) is 0. The Balaban J connectivity index is 2.89. The van der Waals surface area contributed by atoms with Crippen LogP contribution < -0.4 is 19.0 Å². The van der Waals surface area contributed by atoms with Crippen LogP contribution in [0.3, 0.4) is 0 Å². The van der Waals surface area contributed by atoms with Crippen molar-refractivity contribution < 1.29 is 43.6 Å². The van der Waals surface area contributed by atoms with Gasteiger partial charge < -0.3 is 0 Å². The van der Waals surface area contributed by atoms with Crippen molar-refractivity contribution in [1.29, 1.82) is 0 Å². The second-order valence-corrected chi connectivity index (χ2v) is 14.7. The Morgan fingerprint density at radius 2 is 1.36 bits per heavy atom. The van der Waals surface area contributed by atoms with Gasteiger partial charge in [0, 0.05) is 0 Å². The summed E-state index contributed by atoms with van der Waals surface area (Å²) in [6.07, 6.45) is 0. The Kier molecular flexibility index (Phi) is 5.29. The summed E-state index contributed by atoms with van der Waals surface area (Å²) in [5.74, 6) is 0. The molecule has 0 heterocycles. The molecule has 0 aliphatic carbocycles. The number of benzene rings is 2. The predicted octanol–water partition coefficient (Wildman–Crippen LogP) is 1.10. The summed E-state index contributed by atoms with van der Waals surface area (Å²) in [7, 11) is -6.18. The molecule has 0 amide bonds. The van der Waals surface area contributed by atoms with E-state index in [1.54, 1.807) is 27.7 Å². The van der Waals surface area contributed by atoms with Gasteiger partial charge in [-0.1, -0.05) is 0 Å². The zero-order valence-corrected chi connectivity index (χ0v) is 17.1. The van der Waals surface area contributed by atoms with Crippen molar-refractivity contribution >= 4 is 10.1 Å². The molecule has 0 bridgehead atoms. The van der Waals surface area contributed by atoms with Crippen molar-refractivity contribution in [3.63, 3.8) is 0 Å². The first-order chi connectivity index (χ1) is 11.3. The maximum atomic E-state index is 16.0. The fourth-order valence-electron chi connectivity index (χ4n) is 2.35. The van der Waals surface area contributed by atoms with Crippen LogP contribution in [0.1, 0.15) is 22.3 Å². The van der Waals surface area contributed by atoms with E-state index in [2.05, 4.69) is 0 Å². The van der Waals surface area contributed by atoms with E-state index in [1.807, 2.05) is 0 Å². The average Bonchev–Trinajstić information content (AvgIpc) is 2.50. The zero-order chi connectivity index (χ0) is 19.2. The quantitative estimate of drug-likeness (QED) is 0.370. The number of hydrogen-bond acceptors (Lipinski definition) is 3. The second-order valence-electron chi connectivity index (χ2n) is 5.86. The molecule has 0 N–H and O–H groups in total. The molecule has 0 aliphatic heterocycles. The van der Waals surface area contributed by atoms with Gasteiger partial charge in [0.15, 0.2) is 0 Å². The average molecular weight is 486 g/mol. The van der Waals surface area contributed by atoms with Crippen molar-refractivity contribution in [3.8, 4) is 0 Å². The first-order valence-corrected chi connectivity index (χ1v) is 12.7. The van der Waals surface area contributed by atoms with Crippen LogP contribution in [-0.2, 0) is 10.1 Å². The molecular formula is C17H18F3IO3S-2. The summed E-state index contributed by atoms with van der Waals surface area (Å²) in [6, 6.07) is 7.61. The molecule has 0 aliphatic rings. The number of halogens is 4. The van der Waals surface area contributed by atoms with Crippen LogP contribution in [0.4, 0.5) is 11.6 Å². The summed E-state index contributed by atoms with van der Waals surface area (Å²) >= 11 is -6.27. The Morgan fingerprint density at radius 3 is 1.76 bits per heavy atom. The number of alkyl halides is 3. The summed E-state index contributed by atoms with van der Waals surface area (Å²) in [5.41, 5.74) is 2.62. The number of rotatable bonds is 4. The van der Waals surface area contributed by atoms with Crippen molar-refractivity contribution in [2.75, 3.05) is 0 Å². The molecule has 1 unspecified atom stereocenters. The van der Waals surface area contributed by atoms with Gasteiger partial charge in [0.1, 0.15) is 0 Å². The van der Waals surface area contributed by atoms with Gasteiger partial charge in [-0.2, -0.15) is 0 Å². The normalized spacial score (nSPS) is 16.3. The minimum absolute atomic E-state index is 0.388. The van der Waals surface area contributed by atoms with Gasteiger partial charge in [0.25, 0.3) is 0 Å². The molecule has 0 fully saturated rings. The molecule has 2 aromatic rings. The van der Waals surface area contributed by atoms with Crippen molar-refractivity contribution in [2.24, 2.45) is 0 Å². The zero-order valence-electron chi connectivity index (χ0n) is 14.1. The van der Waals surface area contributed by atoms with Crippen molar-refractivity contribution in [3.05, 3.63) is 65.8 Å². The van der Waals surface area contributed by atoms with Crippen LogP contribution in [0, 0.1) is 34.8 Å². The van der Waals surface area contributed by atoms with Crippen molar-refractivity contribution in [2.45, 2.75) is 31.0 Å². The molecule has 0 aromatic heterocycles. The third-order valence-electron chi connectivity index (χ3n) is 4.09. The molecule has 1 atom stereocenters. The minimum atomic E-state index is -6.27. The van der Waals surface area contributed by atoms with Crippen LogP contribution in [0.15, 0.2) is 36.4 Å². The first kappa shape index (κ1) is 20.2. The van der Waals surface area contributed by atoms with Crippen LogP contribution >= 0.6 is 0 Å². The van der Waals surface area contributed by atoms with Gasteiger partial charge >= 0.3 is 150 Å². The maximum absolute atomic E-state index is 16.0. The predicted molar refractivity (Wildman–Crippen MR) is 85.0 cm³/mol. The van der Waals surface area contributed by atoms with Gasteiger partial charge in [0.05, 0.1) is 0 Å². The third kappa shape index (κ3) is 3.31. The molecule has 3 nitrogen and oxygen atoms in total. The van der Waals surface area contributed by atoms with Gasteiger partial charge in [-0.25, -0.2) is 0 Å². The molecule has 25 heavy (non-hydrogen) atoms. The van der Waals surface area contributed by atoms with E-state index in [9.17, 15) is 21.8 Å². The molecule has 8 heteroatoms. The number of aryl methyl sites for hydroxylation is 3. The molecular weight excluding hydrogens is 468 g/mol. The molecule has 0 saturated carbocycles. The molecule has 2 rings (SSSR count). The molecule has 2 aromatic carbocycles. The monoisotopic (exact) mass is 486 g/mol. The van der Waals surface area contributed by atoms with Gasteiger partial charge in [-0.3, -0.25) is 0 Å². The van der Waals surface area contributed by atoms with Crippen LogP contribution in [0.25, 0.3) is 0 Å². The van der Waals surface area contributed by atoms with E-state index >= 15 is 2.86 Å². The summed E-state index contributed by atoms with van der Waals surface area (Å²) < 4.78 is 73.2. The third-order valence-corrected chi connectivity index (χ3v) is 14.2. The Labute approximate surface area is 150 Å². The standard InChI is InChI=1S/C17H19F3IO3S/c1-11-5-7-15(8-6-11)21(20,17(18,19)25(22,23)24)16-9-12(2)14(4)13(3)10-16/h5-10H,1-4H3,(H,22,23,24)/q-1/p-1. The van der Waals surface area contributed by atoms with E-state index in [1.165, 1.54) is 24.3 Å². The van der Waals surface area contributed by atoms with Gasteiger partial charge in [0.2, 0.25) is 0 Å². The van der Waals surface area contributed by atoms with Crippen LogP contribution in [-0.4, -0.2) is 16.2 Å². The molecule has 0 saturated heterocycles. The molecule has 0 radical (unpaired) electrons. The molecule has 140 valence electrons. The van der Waals surface area contributed by atoms with Gasteiger partial charge in [-0.15, -0.1) is 0 Å². The SMILES string of the molecule is Cc1ccc([I-](F)(c2cc(C)c(C)c(C)c2)C(F)(F)S(=O)(=O)[O-])cc1. The van der Waals surface area contributed by atoms with E-state index in [0.29, 0.717) is 16.7 Å². The Bertz CT molecular complexity index is 888. The summed E-state index contributed by atoms with van der Waals surface area (Å²) in [4.78, 5) is 0. The fraction of sp³-hybridized carbons (Fsp3) is 0.294. The molecule has 0 spiro atoms. The van der Waals surface area contributed by atoms with Crippen LogP contribution in [0.5, 0.6) is 0 Å². The van der Waals surface area contributed by atoms with Crippen molar-refractivity contribution in [1.82, 2.24) is 0 Å².